The van der Waals surface area contributed by atoms with E-state index in [1.807, 2.05) is 6.07 Å². The molecule has 0 radical (unpaired) electrons. The number of aromatic nitrogens is 4. The van der Waals surface area contributed by atoms with E-state index in [1.165, 1.54) is 23.3 Å². The van der Waals surface area contributed by atoms with Crippen molar-refractivity contribution in [3.8, 4) is 0 Å². The van der Waals surface area contributed by atoms with Crippen LogP contribution in [0.25, 0.3) is 0 Å². The van der Waals surface area contributed by atoms with E-state index in [0.717, 1.165) is 34.0 Å². The van der Waals surface area contributed by atoms with Gasteiger partial charge >= 0.3 is 0 Å². The summed E-state index contributed by atoms with van der Waals surface area (Å²) in [6.45, 7) is 7.24. The number of hydrogen-bond acceptors (Lipinski definition) is 7. The largest absolute Gasteiger partial charge is 0.370 e. The van der Waals surface area contributed by atoms with Crippen molar-refractivity contribution in [3.63, 3.8) is 0 Å². The summed E-state index contributed by atoms with van der Waals surface area (Å²) in [5.41, 5.74) is 0. The molecule has 2 heterocycles. The van der Waals surface area contributed by atoms with E-state index in [1.54, 1.807) is 6.33 Å². The van der Waals surface area contributed by atoms with Crippen LogP contribution in [0.15, 0.2) is 21.8 Å². The molecular formula is C12H17N5S2. The molecule has 0 aliphatic heterocycles. The molecule has 0 amide bonds. The SMILES string of the molecule is CCCNc1cc(Sc2ncns2)nc(C(C)C)n1. The topological polar surface area (TPSA) is 63.6 Å². The van der Waals surface area contributed by atoms with Crippen LogP contribution in [0.4, 0.5) is 5.82 Å². The van der Waals surface area contributed by atoms with E-state index in [4.69, 9.17) is 0 Å². The fraction of sp³-hybridized carbons (Fsp3) is 0.500. The van der Waals surface area contributed by atoms with Crippen LogP contribution in [0.3, 0.4) is 0 Å². The Kier molecular flexibility index (Phi) is 5.09. The summed E-state index contributed by atoms with van der Waals surface area (Å²) in [7, 11) is 0. The molecule has 0 aliphatic carbocycles. The molecule has 0 atom stereocenters. The first-order valence-electron chi connectivity index (χ1n) is 6.26. The van der Waals surface area contributed by atoms with Crippen molar-refractivity contribution >= 4 is 29.1 Å². The van der Waals surface area contributed by atoms with Gasteiger partial charge in [-0.3, -0.25) is 0 Å². The van der Waals surface area contributed by atoms with Crippen molar-refractivity contribution in [2.75, 3.05) is 11.9 Å². The fourth-order valence-electron chi connectivity index (χ4n) is 1.39. The van der Waals surface area contributed by atoms with E-state index in [0.29, 0.717) is 5.92 Å². The molecule has 2 aromatic heterocycles. The minimum Gasteiger partial charge on any atom is -0.370 e. The second-order valence-electron chi connectivity index (χ2n) is 4.34. The van der Waals surface area contributed by atoms with Crippen molar-refractivity contribution in [1.82, 2.24) is 19.3 Å². The molecule has 7 heteroatoms. The molecule has 1 N–H and O–H groups in total. The molecule has 0 unspecified atom stereocenters. The Morgan fingerprint density at radius 1 is 1.37 bits per heavy atom. The van der Waals surface area contributed by atoms with Gasteiger partial charge < -0.3 is 5.32 Å². The van der Waals surface area contributed by atoms with Crippen molar-refractivity contribution in [2.45, 2.75) is 42.5 Å². The number of hydrogen-bond donors (Lipinski definition) is 1. The molecule has 102 valence electrons. The molecule has 0 spiro atoms. The predicted octanol–water partition coefficient (Wildman–Crippen LogP) is 3.42. The molecule has 0 saturated heterocycles. The first kappa shape index (κ1) is 14.2. The monoisotopic (exact) mass is 295 g/mol. The number of nitrogens with zero attached hydrogens (tertiary/aromatic N) is 4. The highest BCUT2D eigenvalue weighted by atomic mass is 32.2. The third-order valence-corrected chi connectivity index (χ3v) is 3.96. The Morgan fingerprint density at radius 2 is 2.21 bits per heavy atom. The summed E-state index contributed by atoms with van der Waals surface area (Å²) in [6, 6.07) is 1.97. The van der Waals surface area contributed by atoms with E-state index in [2.05, 4.69) is 45.4 Å². The zero-order valence-corrected chi connectivity index (χ0v) is 12.9. The molecule has 0 bridgehead atoms. The number of nitrogens with one attached hydrogen (secondary N) is 1. The second-order valence-corrected chi connectivity index (χ2v) is 6.39. The lowest BCUT2D eigenvalue weighted by Gasteiger charge is -2.10. The summed E-state index contributed by atoms with van der Waals surface area (Å²) in [4.78, 5) is 13.3. The van der Waals surface area contributed by atoms with Gasteiger partial charge in [-0.15, -0.1) is 0 Å². The Labute approximate surface area is 121 Å². The Bertz CT molecular complexity index is 513. The Balaban J connectivity index is 2.23. The standard InChI is InChI=1S/C12H17N5S2/c1-4-5-13-9-6-10(17-11(16-9)8(2)3)18-12-14-7-15-19-12/h6-8H,4-5H2,1-3H3,(H,13,16,17). The van der Waals surface area contributed by atoms with Gasteiger partial charge in [-0.1, -0.05) is 20.8 Å². The van der Waals surface area contributed by atoms with E-state index >= 15 is 0 Å². The van der Waals surface area contributed by atoms with Gasteiger partial charge in [-0.2, -0.15) is 4.37 Å². The molecule has 5 nitrogen and oxygen atoms in total. The quantitative estimate of drug-likeness (QED) is 0.824. The predicted molar refractivity (Wildman–Crippen MR) is 78.9 cm³/mol. The Morgan fingerprint density at radius 3 is 2.84 bits per heavy atom. The normalized spacial score (nSPS) is 10.9. The molecule has 0 fully saturated rings. The zero-order chi connectivity index (χ0) is 13.7. The van der Waals surface area contributed by atoms with Gasteiger partial charge in [-0.05, 0) is 29.7 Å². The lowest BCUT2D eigenvalue weighted by Crippen LogP contribution is -2.06. The van der Waals surface area contributed by atoms with Gasteiger partial charge in [0.1, 0.15) is 23.0 Å². The van der Waals surface area contributed by atoms with Crippen LogP contribution in [0.2, 0.25) is 0 Å². The van der Waals surface area contributed by atoms with Crippen molar-refractivity contribution in [1.29, 1.82) is 0 Å². The van der Waals surface area contributed by atoms with Crippen molar-refractivity contribution in [2.24, 2.45) is 0 Å². The molecule has 0 aromatic carbocycles. The van der Waals surface area contributed by atoms with Crippen LogP contribution in [0.5, 0.6) is 0 Å². The highest BCUT2D eigenvalue weighted by Gasteiger charge is 2.10. The number of rotatable bonds is 6. The van der Waals surface area contributed by atoms with Crippen LogP contribution in [-0.2, 0) is 0 Å². The average Bonchev–Trinajstić information content (AvgIpc) is 2.89. The lowest BCUT2D eigenvalue weighted by atomic mass is 10.2. The number of anilines is 1. The second kappa shape index (κ2) is 6.81. The minimum absolute atomic E-state index is 0.303. The highest BCUT2D eigenvalue weighted by Crippen LogP contribution is 2.28. The van der Waals surface area contributed by atoms with Crippen LogP contribution < -0.4 is 5.32 Å². The Hall–Kier alpha value is -1.21. The van der Waals surface area contributed by atoms with Gasteiger partial charge in [0, 0.05) is 18.5 Å². The van der Waals surface area contributed by atoms with E-state index in [-0.39, 0.29) is 0 Å². The fourth-order valence-corrected chi connectivity index (χ4v) is 2.80. The van der Waals surface area contributed by atoms with E-state index < -0.39 is 0 Å². The lowest BCUT2D eigenvalue weighted by molar-refractivity contribution is 0.753. The maximum atomic E-state index is 4.57. The average molecular weight is 295 g/mol. The first-order valence-corrected chi connectivity index (χ1v) is 7.85. The van der Waals surface area contributed by atoms with Crippen LogP contribution in [0, 0.1) is 0 Å². The third kappa shape index (κ3) is 4.14. The van der Waals surface area contributed by atoms with Gasteiger partial charge in [0.25, 0.3) is 0 Å². The summed E-state index contributed by atoms with van der Waals surface area (Å²) in [5, 5.41) is 4.22. The van der Waals surface area contributed by atoms with Gasteiger partial charge in [-0.25, -0.2) is 15.0 Å². The molecule has 2 aromatic rings. The molecule has 2 rings (SSSR count). The molecule has 19 heavy (non-hydrogen) atoms. The first-order chi connectivity index (χ1) is 9.19. The maximum Gasteiger partial charge on any atom is 0.175 e. The smallest absolute Gasteiger partial charge is 0.175 e. The third-order valence-electron chi connectivity index (χ3n) is 2.33. The van der Waals surface area contributed by atoms with Crippen LogP contribution >= 0.6 is 23.3 Å². The maximum absolute atomic E-state index is 4.57. The summed E-state index contributed by atoms with van der Waals surface area (Å²) >= 11 is 2.90. The summed E-state index contributed by atoms with van der Waals surface area (Å²) in [5.74, 6) is 2.04. The summed E-state index contributed by atoms with van der Waals surface area (Å²) in [6.07, 6.45) is 2.63. The highest BCUT2D eigenvalue weighted by molar-refractivity contribution is 8.00. The van der Waals surface area contributed by atoms with Crippen molar-refractivity contribution in [3.05, 3.63) is 18.2 Å². The van der Waals surface area contributed by atoms with Crippen LogP contribution in [-0.4, -0.2) is 25.9 Å². The van der Waals surface area contributed by atoms with Crippen molar-refractivity contribution < 1.29 is 0 Å². The van der Waals surface area contributed by atoms with Crippen LogP contribution in [0.1, 0.15) is 38.9 Å². The molecule has 0 aliphatic rings. The van der Waals surface area contributed by atoms with E-state index in [9.17, 15) is 0 Å². The van der Waals surface area contributed by atoms with Gasteiger partial charge in [0.2, 0.25) is 0 Å². The summed E-state index contributed by atoms with van der Waals surface area (Å²) < 4.78 is 4.90. The van der Waals surface area contributed by atoms with Gasteiger partial charge in [0.05, 0.1) is 0 Å². The molecular weight excluding hydrogens is 278 g/mol. The van der Waals surface area contributed by atoms with Gasteiger partial charge in [0.15, 0.2) is 4.34 Å². The molecule has 0 saturated carbocycles. The zero-order valence-electron chi connectivity index (χ0n) is 11.3. The minimum atomic E-state index is 0.303.